The Hall–Kier alpha value is -0.260. The van der Waals surface area contributed by atoms with Crippen LogP contribution in [0.4, 0.5) is 4.39 Å². The minimum absolute atomic E-state index is 0.0105. The molecule has 1 fully saturated rings. The second-order valence-corrected chi connectivity index (χ2v) is 5.62. The van der Waals surface area contributed by atoms with E-state index in [1.807, 2.05) is 22.6 Å². The molecular formula is C11H14FIN2. The maximum absolute atomic E-state index is 13.3. The normalized spacial score (nSPS) is 20.2. The molecule has 15 heavy (non-hydrogen) atoms. The van der Waals surface area contributed by atoms with Gasteiger partial charge in [-0.3, -0.25) is 0 Å². The summed E-state index contributed by atoms with van der Waals surface area (Å²) in [4.78, 5) is 8.26. The average molecular weight is 320 g/mol. The fourth-order valence-corrected chi connectivity index (χ4v) is 2.45. The van der Waals surface area contributed by atoms with Crippen molar-refractivity contribution in [3.63, 3.8) is 0 Å². The molecule has 0 amide bonds. The predicted octanol–water partition coefficient (Wildman–Crippen LogP) is 3.44. The van der Waals surface area contributed by atoms with Gasteiger partial charge < -0.3 is 0 Å². The highest BCUT2D eigenvalue weighted by molar-refractivity contribution is 14.1. The molecule has 0 spiro atoms. The highest BCUT2D eigenvalue weighted by Crippen LogP contribution is 2.37. The standard InChI is InChI=1S/C11H14FIN2/c1-11(5-3-2-4-6-11)10-14-7-8(13)9(12)15-10/h7H,2-6H2,1H3. The van der Waals surface area contributed by atoms with E-state index in [0.717, 1.165) is 12.8 Å². The fourth-order valence-electron chi connectivity index (χ4n) is 2.19. The Bertz CT molecular complexity index is 362. The summed E-state index contributed by atoms with van der Waals surface area (Å²) in [6.07, 6.45) is 7.42. The van der Waals surface area contributed by atoms with Gasteiger partial charge in [0.05, 0.1) is 3.57 Å². The van der Waals surface area contributed by atoms with Crippen LogP contribution in [0.3, 0.4) is 0 Å². The van der Waals surface area contributed by atoms with Gasteiger partial charge in [-0.1, -0.05) is 26.2 Å². The lowest BCUT2D eigenvalue weighted by molar-refractivity contribution is 0.299. The first kappa shape index (κ1) is 11.2. The van der Waals surface area contributed by atoms with Gasteiger partial charge in [0, 0.05) is 11.6 Å². The van der Waals surface area contributed by atoms with Gasteiger partial charge in [-0.15, -0.1) is 0 Å². The Morgan fingerprint density at radius 2 is 2.00 bits per heavy atom. The summed E-state index contributed by atoms with van der Waals surface area (Å²) in [7, 11) is 0. The van der Waals surface area contributed by atoms with Crippen molar-refractivity contribution in [2.45, 2.75) is 44.4 Å². The summed E-state index contributed by atoms with van der Waals surface area (Å²) >= 11 is 1.92. The molecule has 0 N–H and O–H groups in total. The van der Waals surface area contributed by atoms with Crippen molar-refractivity contribution < 1.29 is 4.39 Å². The Kier molecular flexibility index (Phi) is 3.23. The number of hydrogen-bond acceptors (Lipinski definition) is 2. The van der Waals surface area contributed by atoms with Crippen molar-refractivity contribution in [1.82, 2.24) is 9.97 Å². The molecule has 0 aromatic carbocycles. The number of hydrogen-bond donors (Lipinski definition) is 0. The largest absolute Gasteiger partial charge is 0.239 e. The van der Waals surface area contributed by atoms with Crippen LogP contribution in [0.5, 0.6) is 0 Å². The zero-order chi connectivity index (χ0) is 10.9. The smallest absolute Gasteiger partial charge is 0.229 e. The third-order valence-corrected chi connectivity index (χ3v) is 3.92. The van der Waals surface area contributed by atoms with Crippen molar-refractivity contribution in [3.8, 4) is 0 Å². The topological polar surface area (TPSA) is 25.8 Å². The second-order valence-electron chi connectivity index (χ2n) is 4.45. The fraction of sp³-hybridized carbons (Fsp3) is 0.636. The van der Waals surface area contributed by atoms with E-state index in [-0.39, 0.29) is 11.4 Å². The summed E-state index contributed by atoms with van der Waals surface area (Å²) in [6.45, 7) is 2.15. The van der Waals surface area contributed by atoms with Gasteiger partial charge >= 0.3 is 0 Å². The molecule has 2 nitrogen and oxygen atoms in total. The molecule has 1 saturated carbocycles. The minimum atomic E-state index is -0.382. The van der Waals surface area contributed by atoms with Gasteiger partial charge in [-0.2, -0.15) is 4.39 Å². The van der Waals surface area contributed by atoms with E-state index in [2.05, 4.69) is 16.9 Å². The number of aromatic nitrogens is 2. The molecule has 2 rings (SSSR count). The highest BCUT2D eigenvalue weighted by Gasteiger charge is 2.31. The van der Waals surface area contributed by atoms with Crippen LogP contribution < -0.4 is 0 Å². The van der Waals surface area contributed by atoms with Crippen molar-refractivity contribution in [2.75, 3.05) is 0 Å². The second kappa shape index (κ2) is 4.31. The Morgan fingerprint density at radius 3 is 2.60 bits per heavy atom. The third-order valence-electron chi connectivity index (χ3n) is 3.20. The van der Waals surface area contributed by atoms with Crippen LogP contribution in [-0.2, 0) is 5.41 Å². The molecule has 0 saturated heterocycles. The molecule has 0 bridgehead atoms. The minimum Gasteiger partial charge on any atom is -0.239 e. The van der Waals surface area contributed by atoms with E-state index in [1.54, 1.807) is 6.20 Å². The van der Waals surface area contributed by atoms with Crippen molar-refractivity contribution in [3.05, 3.63) is 21.5 Å². The summed E-state index contributed by atoms with van der Waals surface area (Å²) in [5.41, 5.74) is -0.0105. The van der Waals surface area contributed by atoms with Crippen LogP contribution in [0, 0.1) is 9.52 Å². The quantitative estimate of drug-likeness (QED) is 0.585. The number of halogens is 2. The Morgan fingerprint density at radius 1 is 1.33 bits per heavy atom. The van der Waals surface area contributed by atoms with E-state index in [0.29, 0.717) is 9.39 Å². The van der Waals surface area contributed by atoms with Gasteiger partial charge in [0.15, 0.2) is 0 Å². The molecule has 0 atom stereocenters. The van der Waals surface area contributed by atoms with E-state index in [1.165, 1.54) is 19.3 Å². The number of rotatable bonds is 1. The molecule has 0 aliphatic heterocycles. The molecule has 0 unspecified atom stereocenters. The molecule has 1 aliphatic rings. The van der Waals surface area contributed by atoms with Crippen molar-refractivity contribution in [1.29, 1.82) is 0 Å². The van der Waals surface area contributed by atoms with Crippen LogP contribution in [0.1, 0.15) is 44.9 Å². The summed E-state index contributed by atoms with van der Waals surface area (Å²) in [5.74, 6) is 0.299. The molecule has 4 heteroatoms. The van der Waals surface area contributed by atoms with E-state index in [9.17, 15) is 4.39 Å². The lowest BCUT2D eigenvalue weighted by Crippen LogP contribution is -2.28. The first-order chi connectivity index (χ1) is 7.12. The zero-order valence-corrected chi connectivity index (χ0v) is 10.9. The maximum atomic E-state index is 13.3. The van der Waals surface area contributed by atoms with Crippen LogP contribution >= 0.6 is 22.6 Å². The van der Waals surface area contributed by atoms with Gasteiger partial charge in [-0.05, 0) is 35.4 Å². The Labute approximate surface area is 103 Å². The Balaban J connectivity index is 2.31. The number of nitrogens with zero attached hydrogens (tertiary/aromatic N) is 2. The van der Waals surface area contributed by atoms with Crippen LogP contribution in [0.25, 0.3) is 0 Å². The summed E-state index contributed by atoms with van der Waals surface area (Å²) in [6, 6.07) is 0. The summed E-state index contributed by atoms with van der Waals surface area (Å²) < 4.78 is 13.8. The lowest BCUT2D eigenvalue weighted by atomic mass is 9.75. The van der Waals surface area contributed by atoms with Gasteiger partial charge in [-0.25, -0.2) is 9.97 Å². The van der Waals surface area contributed by atoms with Crippen LogP contribution in [-0.4, -0.2) is 9.97 Å². The van der Waals surface area contributed by atoms with Gasteiger partial charge in [0.1, 0.15) is 5.82 Å². The zero-order valence-electron chi connectivity index (χ0n) is 8.76. The van der Waals surface area contributed by atoms with Gasteiger partial charge in [0.25, 0.3) is 0 Å². The molecule has 0 radical (unpaired) electrons. The monoisotopic (exact) mass is 320 g/mol. The van der Waals surface area contributed by atoms with Crippen molar-refractivity contribution >= 4 is 22.6 Å². The van der Waals surface area contributed by atoms with Crippen LogP contribution in [0.2, 0.25) is 0 Å². The SMILES string of the molecule is CC1(c2ncc(I)c(F)n2)CCCCC1. The van der Waals surface area contributed by atoms with Crippen molar-refractivity contribution in [2.24, 2.45) is 0 Å². The van der Waals surface area contributed by atoms with Crippen LogP contribution in [0.15, 0.2) is 6.20 Å². The first-order valence-electron chi connectivity index (χ1n) is 5.30. The average Bonchev–Trinajstić information content (AvgIpc) is 2.23. The molecule has 1 aromatic heterocycles. The molecular weight excluding hydrogens is 306 g/mol. The third kappa shape index (κ3) is 2.29. The van der Waals surface area contributed by atoms with E-state index < -0.39 is 0 Å². The first-order valence-corrected chi connectivity index (χ1v) is 6.38. The molecule has 1 aliphatic carbocycles. The molecule has 82 valence electrons. The molecule has 1 heterocycles. The van der Waals surface area contributed by atoms with E-state index >= 15 is 0 Å². The van der Waals surface area contributed by atoms with Gasteiger partial charge in [0.2, 0.25) is 5.95 Å². The van der Waals surface area contributed by atoms with E-state index in [4.69, 9.17) is 0 Å². The lowest BCUT2D eigenvalue weighted by Gasteiger charge is -2.31. The summed E-state index contributed by atoms with van der Waals surface area (Å²) in [5, 5.41) is 0. The molecule has 1 aromatic rings. The predicted molar refractivity (Wildman–Crippen MR) is 65.1 cm³/mol. The highest BCUT2D eigenvalue weighted by atomic mass is 127. The maximum Gasteiger partial charge on any atom is 0.229 e.